The molecule has 0 aliphatic carbocycles. The van der Waals surface area contributed by atoms with Crippen molar-refractivity contribution in [3.8, 4) is 11.5 Å². The predicted octanol–water partition coefficient (Wildman–Crippen LogP) is 2.51. The van der Waals surface area contributed by atoms with E-state index in [1.54, 1.807) is 43.3 Å². The van der Waals surface area contributed by atoms with Crippen LogP contribution in [-0.4, -0.2) is 25.0 Å². The summed E-state index contributed by atoms with van der Waals surface area (Å²) in [5.74, 6) is -0.153. The predicted molar refractivity (Wildman–Crippen MR) is 91.4 cm³/mol. The van der Waals surface area contributed by atoms with Crippen molar-refractivity contribution < 1.29 is 19.1 Å². The summed E-state index contributed by atoms with van der Waals surface area (Å²) in [5, 5.41) is 2.77. The molecular weight excluding hydrogens is 308 g/mol. The summed E-state index contributed by atoms with van der Waals surface area (Å²) in [4.78, 5) is 23.8. The SMILES string of the molecule is COc1ccc(C)cc1NC(=O)[C@H](C)Oc1ccccc1C(N)=O. The van der Waals surface area contributed by atoms with E-state index < -0.39 is 12.0 Å². The van der Waals surface area contributed by atoms with Gasteiger partial charge in [-0.05, 0) is 43.7 Å². The van der Waals surface area contributed by atoms with E-state index in [0.29, 0.717) is 11.4 Å². The Morgan fingerprint density at radius 3 is 2.50 bits per heavy atom. The molecule has 2 rings (SSSR count). The molecule has 0 saturated carbocycles. The van der Waals surface area contributed by atoms with Gasteiger partial charge in [-0.1, -0.05) is 18.2 Å². The third-order valence-electron chi connectivity index (χ3n) is 3.44. The first-order chi connectivity index (χ1) is 11.4. The Hall–Kier alpha value is -3.02. The number of nitrogens with one attached hydrogen (secondary N) is 1. The highest BCUT2D eigenvalue weighted by Gasteiger charge is 2.19. The number of aryl methyl sites for hydroxylation is 1. The van der Waals surface area contributed by atoms with Crippen LogP contribution in [0.1, 0.15) is 22.8 Å². The third-order valence-corrected chi connectivity index (χ3v) is 3.44. The number of methoxy groups -OCH3 is 1. The molecule has 2 aromatic carbocycles. The first kappa shape index (κ1) is 17.3. The van der Waals surface area contributed by atoms with Gasteiger partial charge in [-0.25, -0.2) is 0 Å². The van der Waals surface area contributed by atoms with Gasteiger partial charge in [0, 0.05) is 0 Å². The minimum absolute atomic E-state index is 0.227. The lowest BCUT2D eigenvalue weighted by molar-refractivity contribution is -0.122. The van der Waals surface area contributed by atoms with E-state index in [1.807, 2.05) is 13.0 Å². The minimum atomic E-state index is -0.823. The molecule has 6 heteroatoms. The van der Waals surface area contributed by atoms with E-state index in [2.05, 4.69) is 5.32 Å². The zero-order valence-electron chi connectivity index (χ0n) is 13.8. The van der Waals surface area contributed by atoms with Crippen LogP contribution in [0.3, 0.4) is 0 Å². The molecule has 0 bridgehead atoms. The molecule has 3 N–H and O–H groups in total. The van der Waals surface area contributed by atoms with Gasteiger partial charge in [0.1, 0.15) is 11.5 Å². The fourth-order valence-electron chi connectivity index (χ4n) is 2.17. The molecule has 0 aliphatic rings. The fourth-order valence-corrected chi connectivity index (χ4v) is 2.17. The Bertz CT molecular complexity index is 758. The standard InChI is InChI=1S/C18H20N2O4/c1-11-8-9-16(23-3)14(10-11)20-18(22)12(2)24-15-7-5-4-6-13(15)17(19)21/h4-10,12H,1-3H3,(H2,19,21)(H,20,22)/t12-/m0/s1. The monoisotopic (exact) mass is 328 g/mol. The number of anilines is 1. The maximum atomic E-state index is 12.4. The molecule has 2 amide bonds. The largest absolute Gasteiger partial charge is 0.495 e. The first-order valence-electron chi connectivity index (χ1n) is 7.43. The van der Waals surface area contributed by atoms with Gasteiger partial charge >= 0.3 is 0 Å². The second kappa shape index (κ2) is 7.50. The van der Waals surface area contributed by atoms with E-state index in [4.69, 9.17) is 15.2 Å². The summed E-state index contributed by atoms with van der Waals surface area (Å²) < 4.78 is 10.8. The second-order valence-electron chi connectivity index (χ2n) is 5.31. The van der Waals surface area contributed by atoms with Crippen molar-refractivity contribution in [2.24, 2.45) is 5.73 Å². The van der Waals surface area contributed by atoms with Crippen molar-refractivity contribution in [1.82, 2.24) is 0 Å². The Kier molecular flexibility index (Phi) is 5.42. The number of primary amides is 1. The molecule has 0 aromatic heterocycles. The van der Waals surface area contributed by atoms with Crippen LogP contribution in [-0.2, 0) is 4.79 Å². The van der Waals surface area contributed by atoms with Crippen LogP contribution >= 0.6 is 0 Å². The zero-order valence-corrected chi connectivity index (χ0v) is 13.8. The van der Waals surface area contributed by atoms with Crippen LogP contribution in [0.4, 0.5) is 5.69 Å². The van der Waals surface area contributed by atoms with Gasteiger partial charge in [-0.15, -0.1) is 0 Å². The Morgan fingerprint density at radius 2 is 1.83 bits per heavy atom. The van der Waals surface area contributed by atoms with Gasteiger partial charge in [0.15, 0.2) is 6.10 Å². The maximum absolute atomic E-state index is 12.4. The normalized spacial score (nSPS) is 11.5. The van der Waals surface area contributed by atoms with Crippen LogP contribution in [0.2, 0.25) is 0 Å². The zero-order chi connectivity index (χ0) is 17.7. The quantitative estimate of drug-likeness (QED) is 0.852. The average molecular weight is 328 g/mol. The molecule has 2 aromatic rings. The summed E-state index contributed by atoms with van der Waals surface area (Å²) in [6.07, 6.45) is -0.823. The average Bonchev–Trinajstić information content (AvgIpc) is 2.55. The highest BCUT2D eigenvalue weighted by Crippen LogP contribution is 2.26. The van der Waals surface area contributed by atoms with Gasteiger partial charge in [-0.2, -0.15) is 0 Å². The van der Waals surface area contributed by atoms with Crippen LogP contribution < -0.4 is 20.5 Å². The number of para-hydroxylation sites is 1. The van der Waals surface area contributed by atoms with Crippen molar-refractivity contribution in [2.45, 2.75) is 20.0 Å². The smallest absolute Gasteiger partial charge is 0.265 e. The van der Waals surface area contributed by atoms with E-state index >= 15 is 0 Å². The molecule has 0 radical (unpaired) electrons. The fraction of sp³-hybridized carbons (Fsp3) is 0.222. The van der Waals surface area contributed by atoms with Crippen molar-refractivity contribution in [2.75, 3.05) is 12.4 Å². The highest BCUT2D eigenvalue weighted by atomic mass is 16.5. The number of carbonyl (C=O) groups excluding carboxylic acids is 2. The van der Waals surface area contributed by atoms with Gasteiger partial charge in [0.25, 0.3) is 11.8 Å². The molecule has 0 aliphatic heterocycles. The van der Waals surface area contributed by atoms with Crippen LogP contribution in [0.5, 0.6) is 11.5 Å². The van der Waals surface area contributed by atoms with E-state index in [1.165, 1.54) is 7.11 Å². The lowest BCUT2D eigenvalue weighted by atomic mass is 10.2. The number of ether oxygens (including phenoxy) is 2. The molecule has 0 spiro atoms. The third kappa shape index (κ3) is 4.04. The van der Waals surface area contributed by atoms with E-state index in [0.717, 1.165) is 5.56 Å². The molecular formula is C18H20N2O4. The molecule has 0 heterocycles. The van der Waals surface area contributed by atoms with Gasteiger partial charge in [-0.3, -0.25) is 9.59 Å². The molecule has 0 fully saturated rings. The van der Waals surface area contributed by atoms with Gasteiger partial charge in [0.05, 0.1) is 18.4 Å². The van der Waals surface area contributed by atoms with Crippen LogP contribution in [0.15, 0.2) is 42.5 Å². The Labute approximate surface area is 140 Å². The summed E-state index contributed by atoms with van der Waals surface area (Å²) >= 11 is 0. The topological polar surface area (TPSA) is 90.7 Å². The summed E-state index contributed by atoms with van der Waals surface area (Å²) in [6.45, 7) is 3.51. The molecule has 0 saturated heterocycles. The number of hydrogen-bond acceptors (Lipinski definition) is 4. The van der Waals surface area contributed by atoms with Gasteiger partial charge < -0.3 is 20.5 Å². The summed E-state index contributed by atoms with van der Waals surface area (Å²) in [6, 6.07) is 12.0. The highest BCUT2D eigenvalue weighted by molar-refractivity contribution is 5.97. The molecule has 24 heavy (non-hydrogen) atoms. The molecule has 6 nitrogen and oxygen atoms in total. The van der Waals surface area contributed by atoms with Gasteiger partial charge in [0.2, 0.25) is 0 Å². The summed E-state index contributed by atoms with van der Waals surface area (Å²) in [5.41, 5.74) is 7.08. The number of rotatable bonds is 6. The summed E-state index contributed by atoms with van der Waals surface area (Å²) in [7, 11) is 1.53. The first-order valence-corrected chi connectivity index (χ1v) is 7.43. The maximum Gasteiger partial charge on any atom is 0.265 e. The molecule has 126 valence electrons. The van der Waals surface area contributed by atoms with Crippen molar-refractivity contribution >= 4 is 17.5 Å². The minimum Gasteiger partial charge on any atom is -0.495 e. The number of amides is 2. The molecule has 0 unspecified atom stereocenters. The number of nitrogens with two attached hydrogens (primary N) is 1. The van der Waals surface area contributed by atoms with Crippen molar-refractivity contribution in [3.63, 3.8) is 0 Å². The molecule has 1 atom stereocenters. The van der Waals surface area contributed by atoms with E-state index in [-0.39, 0.29) is 17.2 Å². The Balaban J connectivity index is 2.14. The van der Waals surface area contributed by atoms with Crippen molar-refractivity contribution in [1.29, 1.82) is 0 Å². The van der Waals surface area contributed by atoms with Crippen LogP contribution in [0.25, 0.3) is 0 Å². The number of carbonyl (C=O) groups is 2. The lowest BCUT2D eigenvalue weighted by Crippen LogP contribution is -2.31. The second-order valence-corrected chi connectivity index (χ2v) is 5.31. The number of hydrogen-bond donors (Lipinski definition) is 2. The van der Waals surface area contributed by atoms with Crippen LogP contribution in [0, 0.1) is 6.92 Å². The van der Waals surface area contributed by atoms with Crippen molar-refractivity contribution in [3.05, 3.63) is 53.6 Å². The number of benzene rings is 2. The Morgan fingerprint density at radius 1 is 1.12 bits per heavy atom. The lowest BCUT2D eigenvalue weighted by Gasteiger charge is -2.17. The van der Waals surface area contributed by atoms with E-state index in [9.17, 15) is 9.59 Å².